The first-order valence-corrected chi connectivity index (χ1v) is 12.2. The number of hydrogen-bond acceptors (Lipinski definition) is 8. The maximum atomic E-state index is 13.0. The van der Waals surface area contributed by atoms with Crippen molar-refractivity contribution in [3.8, 4) is 0 Å². The zero-order valence-electron chi connectivity index (χ0n) is 19.1. The Balaban J connectivity index is 1.65. The minimum Gasteiger partial charge on any atom is -0.459 e. The second-order valence-electron chi connectivity index (χ2n) is 8.21. The number of halogens is 1. The predicted molar refractivity (Wildman–Crippen MR) is 130 cm³/mol. The van der Waals surface area contributed by atoms with Crippen LogP contribution in [0.25, 0.3) is 0 Å². The number of thioether (sulfide) groups is 1. The Morgan fingerprint density at radius 3 is 2.40 bits per heavy atom. The van der Waals surface area contributed by atoms with E-state index in [4.69, 9.17) is 16.3 Å². The number of carbonyl (C=O) groups excluding carboxylic acids is 3. The first-order valence-electron chi connectivity index (χ1n) is 11.0. The molecule has 2 aromatic carbocycles. The maximum Gasteiger partial charge on any atom is 0.325 e. The molecule has 11 heteroatoms. The van der Waals surface area contributed by atoms with Gasteiger partial charge in [-0.1, -0.05) is 37.2 Å². The molecule has 0 radical (unpaired) electrons. The van der Waals surface area contributed by atoms with E-state index in [0.717, 1.165) is 11.8 Å². The van der Waals surface area contributed by atoms with Gasteiger partial charge in [-0.25, -0.2) is 0 Å². The van der Waals surface area contributed by atoms with Gasteiger partial charge >= 0.3 is 5.97 Å². The highest BCUT2D eigenvalue weighted by Crippen LogP contribution is 2.38. The number of aliphatic hydroxyl groups excluding tert-OH is 1. The van der Waals surface area contributed by atoms with Crippen molar-refractivity contribution in [2.75, 3.05) is 6.54 Å². The summed E-state index contributed by atoms with van der Waals surface area (Å²) in [5.74, 6) is -2.53. The van der Waals surface area contributed by atoms with Gasteiger partial charge in [0.15, 0.2) is 5.12 Å². The number of rotatable bonds is 10. The Morgan fingerprint density at radius 1 is 1.20 bits per heavy atom. The van der Waals surface area contributed by atoms with E-state index in [1.54, 1.807) is 38.1 Å². The average molecular weight is 521 g/mol. The van der Waals surface area contributed by atoms with E-state index in [-0.39, 0.29) is 24.0 Å². The number of non-ortho nitro benzene ring substituents is 1. The van der Waals surface area contributed by atoms with Crippen LogP contribution in [0.15, 0.2) is 53.4 Å². The second-order valence-corrected chi connectivity index (χ2v) is 9.72. The molecule has 1 heterocycles. The number of benzene rings is 2. The van der Waals surface area contributed by atoms with Gasteiger partial charge in [-0.15, -0.1) is 0 Å². The summed E-state index contributed by atoms with van der Waals surface area (Å²) in [6, 6.07) is 11.7. The molecule has 186 valence electrons. The number of esters is 1. The van der Waals surface area contributed by atoms with E-state index < -0.39 is 40.8 Å². The van der Waals surface area contributed by atoms with Gasteiger partial charge in [0.25, 0.3) is 5.69 Å². The van der Waals surface area contributed by atoms with E-state index in [0.29, 0.717) is 21.9 Å². The van der Waals surface area contributed by atoms with E-state index in [2.05, 4.69) is 0 Å². The van der Waals surface area contributed by atoms with Gasteiger partial charge in [0.1, 0.15) is 13.2 Å². The van der Waals surface area contributed by atoms with Gasteiger partial charge < -0.3 is 14.7 Å². The highest BCUT2D eigenvalue weighted by Gasteiger charge is 2.54. The number of aliphatic hydroxyl groups is 1. The molecule has 9 nitrogen and oxygen atoms in total. The molecule has 35 heavy (non-hydrogen) atoms. The molecule has 0 aromatic heterocycles. The molecular weight excluding hydrogens is 496 g/mol. The predicted octanol–water partition coefficient (Wildman–Crippen LogP) is 3.84. The molecule has 1 aliphatic heterocycles. The summed E-state index contributed by atoms with van der Waals surface area (Å²) in [5.41, 5.74) is 0.474. The summed E-state index contributed by atoms with van der Waals surface area (Å²) >= 11 is 6.90. The Bertz CT molecular complexity index is 1090. The molecule has 0 saturated carbocycles. The van der Waals surface area contributed by atoms with Crippen molar-refractivity contribution in [3.05, 3.63) is 69.2 Å². The number of amides is 1. The normalized spacial score (nSPS) is 19.0. The van der Waals surface area contributed by atoms with E-state index in [9.17, 15) is 29.6 Å². The van der Waals surface area contributed by atoms with Crippen LogP contribution in [0.4, 0.5) is 5.69 Å². The lowest BCUT2D eigenvalue weighted by Crippen LogP contribution is -2.68. The standard InChI is InChI=1S/C24H25ClN2O7S/c1-3-19(28)21-22(14(2)24(31)35-18-10-6-16(25)7-11-18)26(23(21)30)12-20(29)34-13-15-4-8-17(9-5-15)27(32)33/h4-11,14,19,21-22,28H,3,12-13H2,1-2H3/t14-,19?,21-,22-/m1/s1. The molecule has 1 N–H and O–H groups in total. The van der Waals surface area contributed by atoms with Gasteiger partial charge in [0.05, 0.1) is 23.0 Å². The highest BCUT2D eigenvalue weighted by molar-refractivity contribution is 8.13. The van der Waals surface area contributed by atoms with Crippen LogP contribution >= 0.6 is 23.4 Å². The number of nitrogens with zero attached hydrogens (tertiary/aromatic N) is 2. The summed E-state index contributed by atoms with van der Waals surface area (Å²) in [6.07, 6.45) is -0.605. The topological polar surface area (TPSA) is 127 Å². The van der Waals surface area contributed by atoms with Gasteiger partial charge in [-0.05, 0) is 48.4 Å². The van der Waals surface area contributed by atoms with Crippen LogP contribution in [0, 0.1) is 22.0 Å². The van der Waals surface area contributed by atoms with E-state index in [1.807, 2.05) is 0 Å². The Hall–Kier alpha value is -2.95. The Morgan fingerprint density at radius 2 is 1.83 bits per heavy atom. The molecule has 1 amide bonds. The Kier molecular flexibility index (Phi) is 8.87. The minimum atomic E-state index is -0.935. The molecule has 2 aromatic rings. The van der Waals surface area contributed by atoms with Gasteiger partial charge in [0, 0.05) is 28.0 Å². The van der Waals surface area contributed by atoms with Crippen molar-refractivity contribution >= 4 is 46.0 Å². The van der Waals surface area contributed by atoms with Crippen LogP contribution in [0.1, 0.15) is 25.8 Å². The fraction of sp³-hybridized carbons (Fsp3) is 0.375. The molecule has 0 spiro atoms. The lowest BCUT2D eigenvalue weighted by molar-refractivity contribution is -0.384. The van der Waals surface area contributed by atoms with E-state index >= 15 is 0 Å². The zero-order valence-corrected chi connectivity index (χ0v) is 20.7. The number of hydrogen-bond donors (Lipinski definition) is 1. The maximum absolute atomic E-state index is 13.0. The molecule has 0 aliphatic carbocycles. The molecule has 1 fully saturated rings. The SMILES string of the molecule is CCC(O)[C@H]1C(=O)N(CC(=O)OCc2ccc([N+](=O)[O-])cc2)[C@@H]1[C@@H](C)C(=O)Sc1ccc(Cl)cc1. The highest BCUT2D eigenvalue weighted by atomic mass is 35.5. The molecule has 1 aliphatic rings. The molecule has 0 bridgehead atoms. The monoisotopic (exact) mass is 520 g/mol. The first-order chi connectivity index (χ1) is 16.6. The summed E-state index contributed by atoms with van der Waals surface area (Å²) < 4.78 is 5.23. The van der Waals surface area contributed by atoms with Gasteiger partial charge in [-0.2, -0.15) is 0 Å². The first kappa shape index (κ1) is 26.7. The molecule has 4 atom stereocenters. The number of carbonyl (C=O) groups is 3. The van der Waals surface area contributed by atoms with Crippen LogP contribution in [0.2, 0.25) is 5.02 Å². The van der Waals surface area contributed by atoms with E-state index in [1.165, 1.54) is 29.2 Å². The third kappa shape index (κ3) is 6.39. The van der Waals surface area contributed by atoms with Crippen molar-refractivity contribution in [2.24, 2.45) is 11.8 Å². The van der Waals surface area contributed by atoms with Crippen molar-refractivity contribution in [1.29, 1.82) is 0 Å². The quantitative estimate of drug-likeness (QED) is 0.164. The number of nitro groups is 1. The summed E-state index contributed by atoms with van der Waals surface area (Å²) in [5, 5.41) is 21.5. The van der Waals surface area contributed by atoms with Gasteiger partial charge in [0.2, 0.25) is 5.91 Å². The zero-order chi connectivity index (χ0) is 25.7. The van der Waals surface area contributed by atoms with Crippen molar-refractivity contribution < 1.29 is 29.2 Å². The third-order valence-electron chi connectivity index (χ3n) is 5.89. The Labute approximate surface area is 211 Å². The van der Waals surface area contributed by atoms with Crippen LogP contribution in [0.3, 0.4) is 0 Å². The van der Waals surface area contributed by atoms with Crippen LogP contribution in [-0.2, 0) is 25.7 Å². The lowest BCUT2D eigenvalue weighted by Gasteiger charge is -2.50. The second kappa shape index (κ2) is 11.7. The number of β-lactam (4-membered cyclic amide) rings is 1. The fourth-order valence-electron chi connectivity index (χ4n) is 3.92. The fourth-order valence-corrected chi connectivity index (χ4v) is 4.88. The number of ether oxygens (including phenoxy) is 1. The molecule has 1 saturated heterocycles. The lowest BCUT2D eigenvalue weighted by atomic mass is 9.76. The summed E-state index contributed by atoms with van der Waals surface area (Å²) in [7, 11) is 0. The van der Waals surface area contributed by atoms with Gasteiger partial charge in [-0.3, -0.25) is 24.5 Å². The number of likely N-dealkylation sites (tertiary alicyclic amines) is 1. The minimum absolute atomic E-state index is 0.0789. The molecular formula is C24H25ClN2O7S. The molecule has 3 rings (SSSR count). The van der Waals surface area contributed by atoms with Crippen LogP contribution in [0.5, 0.6) is 0 Å². The number of nitro benzene ring substituents is 1. The summed E-state index contributed by atoms with van der Waals surface area (Å²) in [6.45, 7) is 2.93. The third-order valence-corrected chi connectivity index (χ3v) is 7.22. The van der Waals surface area contributed by atoms with Crippen LogP contribution in [-0.4, -0.2) is 50.6 Å². The van der Waals surface area contributed by atoms with Crippen molar-refractivity contribution in [3.63, 3.8) is 0 Å². The molecule has 1 unspecified atom stereocenters. The van der Waals surface area contributed by atoms with Crippen LogP contribution < -0.4 is 0 Å². The average Bonchev–Trinajstić information content (AvgIpc) is 2.85. The smallest absolute Gasteiger partial charge is 0.325 e. The van der Waals surface area contributed by atoms with Crippen molar-refractivity contribution in [1.82, 2.24) is 4.90 Å². The summed E-state index contributed by atoms with van der Waals surface area (Å²) in [4.78, 5) is 50.4. The van der Waals surface area contributed by atoms with Crippen molar-refractivity contribution in [2.45, 2.75) is 43.9 Å². The largest absolute Gasteiger partial charge is 0.459 e.